The summed E-state index contributed by atoms with van der Waals surface area (Å²) >= 11 is 5.85. The minimum absolute atomic E-state index is 0.0218. The third kappa shape index (κ3) is 5.40. The Bertz CT molecular complexity index is 934. The van der Waals surface area contributed by atoms with E-state index in [0.29, 0.717) is 10.7 Å². The molecule has 0 aliphatic heterocycles. The molecule has 0 fully saturated rings. The van der Waals surface area contributed by atoms with Crippen molar-refractivity contribution in [1.29, 1.82) is 0 Å². The maximum absolute atomic E-state index is 12.5. The highest BCUT2D eigenvalue weighted by atomic mass is 35.5. The SMILES string of the molecule is COc1cc(C=CC(=O)Nc2ccc(Cl)cc2C)c([N+](=O)[O-])cc1OC(F)F. The van der Waals surface area contributed by atoms with Crippen LogP contribution in [0.4, 0.5) is 20.2 Å². The fraction of sp³-hybridized carbons (Fsp3) is 0.167. The highest BCUT2D eigenvalue weighted by Gasteiger charge is 2.20. The molecule has 2 aromatic carbocycles. The van der Waals surface area contributed by atoms with E-state index in [9.17, 15) is 23.7 Å². The standard InChI is InChI=1S/C18H15ClF2N2O5/c1-10-7-12(19)4-5-13(10)22-17(24)6-3-11-8-15(27-2)16(28-18(20)21)9-14(11)23(25)26/h3-9,18H,1-2H3,(H,22,24). The molecule has 0 saturated heterocycles. The van der Waals surface area contributed by atoms with E-state index in [0.717, 1.165) is 23.8 Å². The number of hydrogen-bond acceptors (Lipinski definition) is 5. The van der Waals surface area contributed by atoms with Crippen molar-refractivity contribution in [1.82, 2.24) is 0 Å². The van der Waals surface area contributed by atoms with E-state index in [2.05, 4.69) is 10.1 Å². The number of amides is 1. The third-order valence-corrected chi connectivity index (χ3v) is 3.82. The molecule has 2 rings (SSSR count). The molecule has 0 aliphatic rings. The van der Waals surface area contributed by atoms with Crippen LogP contribution < -0.4 is 14.8 Å². The number of anilines is 1. The van der Waals surface area contributed by atoms with E-state index < -0.39 is 28.9 Å². The van der Waals surface area contributed by atoms with Gasteiger partial charge in [-0.25, -0.2) is 0 Å². The minimum Gasteiger partial charge on any atom is -0.493 e. The van der Waals surface area contributed by atoms with Crippen LogP contribution in [0.3, 0.4) is 0 Å². The fourth-order valence-electron chi connectivity index (χ4n) is 2.31. The molecule has 0 heterocycles. The van der Waals surface area contributed by atoms with Crippen LogP contribution >= 0.6 is 11.6 Å². The van der Waals surface area contributed by atoms with Crippen molar-refractivity contribution in [2.75, 3.05) is 12.4 Å². The third-order valence-electron chi connectivity index (χ3n) is 3.59. The van der Waals surface area contributed by atoms with Gasteiger partial charge < -0.3 is 14.8 Å². The van der Waals surface area contributed by atoms with Gasteiger partial charge in [-0.2, -0.15) is 8.78 Å². The van der Waals surface area contributed by atoms with Crippen LogP contribution in [0.2, 0.25) is 5.02 Å². The second-order valence-corrected chi connectivity index (χ2v) is 5.92. The van der Waals surface area contributed by atoms with Crippen LogP contribution in [-0.2, 0) is 4.79 Å². The van der Waals surface area contributed by atoms with Crippen molar-refractivity contribution in [3.05, 3.63) is 62.7 Å². The van der Waals surface area contributed by atoms with Crippen LogP contribution in [-0.4, -0.2) is 24.6 Å². The first-order valence-corrected chi connectivity index (χ1v) is 8.15. The molecule has 1 amide bonds. The van der Waals surface area contributed by atoms with Gasteiger partial charge in [-0.15, -0.1) is 0 Å². The number of nitro groups is 1. The van der Waals surface area contributed by atoms with Crippen LogP contribution in [0.5, 0.6) is 11.5 Å². The van der Waals surface area contributed by atoms with Gasteiger partial charge >= 0.3 is 6.61 Å². The fourth-order valence-corrected chi connectivity index (χ4v) is 2.54. The van der Waals surface area contributed by atoms with Crippen molar-refractivity contribution >= 4 is 35.0 Å². The number of alkyl halides is 2. The Hall–Kier alpha value is -3.20. The predicted octanol–water partition coefficient (Wildman–Crippen LogP) is 4.82. The molecule has 10 heteroatoms. The normalized spacial score (nSPS) is 10.9. The number of halogens is 3. The quantitative estimate of drug-likeness (QED) is 0.400. The molecule has 0 bridgehead atoms. The van der Waals surface area contributed by atoms with E-state index in [1.165, 1.54) is 13.2 Å². The Morgan fingerprint density at radius 1 is 1.29 bits per heavy atom. The van der Waals surface area contributed by atoms with E-state index in [4.69, 9.17) is 16.3 Å². The van der Waals surface area contributed by atoms with Crippen molar-refractivity contribution in [2.45, 2.75) is 13.5 Å². The number of rotatable bonds is 7. The summed E-state index contributed by atoms with van der Waals surface area (Å²) in [6.45, 7) is -1.42. The summed E-state index contributed by atoms with van der Waals surface area (Å²) in [6, 6.07) is 6.83. The van der Waals surface area contributed by atoms with E-state index in [1.807, 2.05) is 0 Å². The molecular formula is C18H15ClF2N2O5. The molecule has 0 unspecified atom stereocenters. The highest BCUT2D eigenvalue weighted by Crippen LogP contribution is 2.36. The van der Waals surface area contributed by atoms with Crippen molar-refractivity contribution in [2.24, 2.45) is 0 Å². The van der Waals surface area contributed by atoms with Crippen molar-refractivity contribution in [3.8, 4) is 11.5 Å². The molecule has 0 aromatic heterocycles. The zero-order chi connectivity index (χ0) is 20.8. The van der Waals surface area contributed by atoms with E-state index >= 15 is 0 Å². The second-order valence-electron chi connectivity index (χ2n) is 5.48. The van der Waals surface area contributed by atoms with Gasteiger partial charge in [0, 0.05) is 16.8 Å². The van der Waals surface area contributed by atoms with Gasteiger partial charge in [-0.1, -0.05) is 11.6 Å². The Morgan fingerprint density at radius 2 is 2.00 bits per heavy atom. The van der Waals surface area contributed by atoms with Gasteiger partial charge in [-0.3, -0.25) is 14.9 Å². The molecule has 0 aliphatic carbocycles. The van der Waals surface area contributed by atoms with Crippen LogP contribution in [0.15, 0.2) is 36.4 Å². The summed E-state index contributed by atoms with van der Waals surface area (Å²) in [5.41, 5.74) is 0.705. The lowest BCUT2D eigenvalue weighted by atomic mass is 10.1. The lowest BCUT2D eigenvalue weighted by molar-refractivity contribution is -0.385. The van der Waals surface area contributed by atoms with Crippen molar-refractivity contribution in [3.63, 3.8) is 0 Å². The number of nitrogens with one attached hydrogen (secondary N) is 1. The molecular weight excluding hydrogens is 398 g/mol. The molecule has 0 atom stereocenters. The number of nitrogens with zero attached hydrogens (tertiary/aromatic N) is 1. The minimum atomic E-state index is -3.18. The monoisotopic (exact) mass is 412 g/mol. The molecule has 2 aromatic rings. The first-order chi connectivity index (χ1) is 13.2. The molecule has 1 N–H and O–H groups in total. The second kappa shape index (κ2) is 9.14. The average molecular weight is 413 g/mol. The summed E-state index contributed by atoms with van der Waals surface area (Å²) < 4.78 is 34.1. The largest absolute Gasteiger partial charge is 0.493 e. The number of ether oxygens (including phenoxy) is 2. The molecule has 0 saturated carbocycles. The van der Waals surface area contributed by atoms with Gasteiger partial charge in [0.05, 0.1) is 23.7 Å². The zero-order valence-corrected chi connectivity index (χ0v) is 15.5. The summed E-state index contributed by atoms with van der Waals surface area (Å²) in [7, 11) is 1.20. The summed E-state index contributed by atoms with van der Waals surface area (Å²) in [6.07, 6.45) is 2.25. The number of hydrogen-bond donors (Lipinski definition) is 1. The van der Waals surface area contributed by atoms with Gasteiger partial charge in [0.1, 0.15) is 0 Å². The Balaban J connectivity index is 2.30. The highest BCUT2D eigenvalue weighted by molar-refractivity contribution is 6.30. The van der Waals surface area contributed by atoms with Gasteiger partial charge in [0.15, 0.2) is 11.5 Å². The van der Waals surface area contributed by atoms with Crippen LogP contribution in [0.25, 0.3) is 6.08 Å². The van der Waals surface area contributed by atoms with Crippen molar-refractivity contribution < 1.29 is 28.0 Å². The number of nitro benzene ring substituents is 1. The number of carbonyl (C=O) groups is 1. The molecule has 148 valence electrons. The number of methoxy groups -OCH3 is 1. The molecule has 0 radical (unpaired) electrons. The Kier molecular flexibility index (Phi) is 6.89. The lowest BCUT2D eigenvalue weighted by Crippen LogP contribution is -2.09. The van der Waals surface area contributed by atoms with E-state index in [-0.39, 0.29) is 11.3 Å². The maximum Gasteiger partial charge on any atom is 0.387 e. The molecule has 28 heavy (non-hydrogen) atoms. The first-order valence-electron chi connectivity index (χ1n) is 7.77. The maximum atomic E-state index is 12.5. The van der Waals surface area contributed by atoms with Crippen LogP contribution in [0.1, 0.15) is 11.1 Å². The number of carbonyl (C=O) groups excluding carboxylic acids is 1. The zero-order valence-electron chi connectivity index (χ0n) is 14.7. The number of benzene rings is 2. The Morgan fingerprint density at radius 3 is 2.57 bits per heavy atom. The molecule has 0 spiro atoms. The number of aryl methyl sites for hydroxylation is 1. The topological polar surface area (TPSA) is 90.7 Å². The summed E-state index contributed by atoms with van der Waals surface area (Å²) in [5.74, 6) is -1.17. The van der Waals surface area contributed by atoms with Crippen LogP contribution in [0, 0.1) is 17.0 Å². The Labute approximate surface area is 163 Å². The summed E-state index contributed by atoms with van der Waals surface area (Å²) in [4.78, 5) is 22.6. The van der Waals surface area contributed by atoms with Gasteiger partial charge in [-0.05, 0) is 42.8 Å². The lowest BCUT2D eigenvalue weighted by Gasteiger charge is -2.11. The predicted molar refractivity (Wildman–Crippen MR) is 100 cm³/mol. The molecule has 7 nitrogen and oxygen atoms in total. The summed E-state index contributed by atoms with van der Waals surface area (Å²) in [5, 5.41) is 14.4. The van der Waals surface area contributed by atoms with Gasteiger partial charge in [0.2, 0.25) is 5.91 Å². The average Bonchev–Trinajstić information content (AvgIpc) is 2.62. The van der Waals surface area contributed by atoms with Gasteiger partial charge in [0.25, 0.3) is 5.69 Å². The smallest absolute Gasteiger partial charge is 0.387 e. The van der Waals surface area contributed by atoms with E-state index in [1.54, 1.807) is 25.1 Å². The first kappa shape index (κ1) is 21.1.